The van der Waals surface area contributed by atoms with Gasteiger partial charge in [0.25, 0.3) is 0 Å². The topological polar surface area (TPSA) is 32.3 Å². The maximum atomic E-state index is 9.85. The summed E-state index contributed by atoms with van der Waals surface area (Å²) in [4.78, 5) is 1.16. The first-order valence-corrected chi connectivity index (χ1v) is 5.88. The molecule has 0 heterocycles. The van der Waals surface area contributed by atoms with Crippen LogP contribution in [0.4, 0.5) is 0 Å². The van der Waals surface area contributed by atoms with Gasteiger partial charge in [0, 0.05) is 11.4 Å². The molecule has 78 valence electrons. The summed E-state index contributed by atoms with van der Waals surface area (Å²) in [6, 6.07) is 6.15. The van der Waals surface area contributed by atoms with Gasteiger partial charge in [-0.1, -0.05) is 12.1 Å². The monoisotopic (exact) mass is 211 g/mol. The van der Waals surface area contributed by atoms with Gasteiger partial charge in [0.2, 0.25) is 0 Å². The van der Waals surface area contributed by atoms with E-state index in [0.29, 0.717) is 6.54 Å². The second-order valence-electron chi connectivity index (χ2n) is 3.32. The smallest absolute Gasteiger partial charge is 0.0925 e. The molecule has 2 N–H and O–H groups in total. The van der Waals surface area contributed by atoms with Crippen LogP contribution in [0.3, 0.4) is 0 Å². The zero-order valence-corrected chi connectivity index (χ0v) is 9.69. The molecule has 0 saturated carbocycles. The molecular formula is C11H17NOS. The number of hydrogen-bond acceptors (Lipinski definition) is 3. The highest BCUT2D eigenvalue weighted by atomic mass is 32.2. The van der Waals surface area contributed by atoms with E-state index in [1.54, 1.807) is 11.8 Å². The SMILES string of the molecule is CNCC(O)c1ccc(C)cc1SC. The number of thioether (sulfide) groups is 1. The lowest BCUT2D eigenvalue weighted by atomic mass is 10.1. The molecule has 0 aliphatic rings. The van der Waals surface area contributed by atoms with Crippen LogP contribution in [0.1, 0.15) is 17.2 Å². The Morgan fingerprint density at radius 2 is 2.21 bits per heavy atom. The maximum Gasteiger partial charge on any atom is 0.0925 e. The van der Waals surface area contributed by atoms with Crippen LogP contribution < -0.4 is 5.32 Å². The minimum absolute atomic E-state index is 0.414. The predicted molar refractivity (Wildman–Crippen MR) is 61.8 cm³/mol. The van der Waals surface area contributed by atoms with Crippen molar-refractivity contribution in [1.29, 1.82) is 0 Å². The summed E-state index contributed by atoms with van der Waals surface area (Å²) in [5.41, 5.74) is 2.24. The third-order valence-corrected chi connectivity index (χ3v) is 2.94. The second kappa shape index (κ2) is 5.39. The molecule has 0 amide bonds. The molecule has 0 fully saturated rings. The predicted octanol–water partition coefficient (Wildman–Crippen LogP) is 1.97. The first kappa shape index (κ1) is 11.6. The van der Waals surface area contributed by atoms with Crippen molar-refractivity contribution in [3.63, 3.8) is 0 Å². The number of rotatable bonds is 4. The largest absolute Gasteiger partial charge is 0.387 e. The van der Waals surface area contributed by atoms with Crippen LogP contribution in [0.15, 0.2) is 23.1 Å². The van der Waals surface area contributed by atoms with E-state index in [1.807, 2.05) is 25.4 Å². The molecule has 1 aromatic carbocycles. The summed E-state index contributed by atoms with van der Waals surface area (Å²) in [6.07, 6.45) is 1.62. The number of hydrogen-bond donors (Lipinski definition) is 2. The van der Waals surface area contributed by atoms with Crippen molar-refractivity contribution in [3.8, 4) is 0 Å². The summed E-state index contributed by atoms with van der Waals surface area (Å²) in [7, 11) is 1.84. The highest BCUT2D eigenvalue weighted by Crippen LogP contribution is 2.26. The molecule has 1 aromatic rings. The van der Waals surface area contributed by atoms with Crippen LogP contribution in [-0.4, -0.2) is 25.0 Å². The van der Waals surface area contributed by atoms with Gasteiger partial charge < -0.3 is 10.4 Å². The molecule has 0 bridgehead atoms. The lowest BCUT2D eigenvalue weighted by molar-refractivity contribution is 0.175. The summed E-state index contributed by atoms with van der Waals surface area (Å²) in [6.45, 7) is 2.66. The average molecular weight is 211 g/mol. The number of benzene rings is 1. The maximum absolute atomic E-state index is 9.85. The van der Waals surface area contributed by atoms with Gasteiger partial charge in [-0.3, -0.25) is 0 Å². The normalized spacial score (nSPS) is 12.9. The number of likely N-dealkylation sites (N-methyl/N-ethyl adjacent to an activating group) is 1. The van der Waals surface area contributed by atoms with Crippen LogP contribution in [0, 0.1) is 6.92 Å². The first-order chi connectivity index (χ1) is 6.69. The van der Waals surface area contributed by atoms with Crippen LogP contribution in [-0.2, 0) is 0 Å². The minimum atomic E-state index is -0.414. The summed E-state index contributed by atoms with van der Waals surface area (Å²) in [5.74, 6) is 0. The molecule has 0 aromatic heterocycles. The number of aryl methyl sites for hydroxylation is 1. The molecule has 0 aliphatic heterocycles. The molecule has 1 unspecified atom stereocenters. The number of nitrogens with one attached hydrogen (secondary N) is 1. The van der Waals surface area contributed by atoms with E-state index < -0.39 is 6.10 Å². The fourth-order valence-electron chi connectivity index (χ4n) is 1.40. The number of aliphatic hydroxyl groups is 1. The third kappa shape index (κ3) is 2.74. The van der Waals surface area contributed by atoms with E-state index in [-0.39, 0.29) is 0 Å². The fourth-order valence-corrected chi connectivity index (χ4v) is 2.14. The van der Waals surface area contributed by atoms with Gasteiger partial charge in [0.1, 0.15) is 0 Å². The van der Waals surface area contributed by atoms with Gasteiger partial charge in [0.05, 0.1) is 6.10 Å². The van der Waals surface area contributed by atoms with Gasteiger partial charge in [-0.05, 0) is 37.4 Å². The van der Waals surface area contributed by atoms with E-state index in [4.69, 9.17) is 0 Å². The molecule has 2 nitrogen and oxygen atoms in total. The van der Waals surface area contributed by atoms with Gasteiger partial charge in [-0.15, -0.1) is 11.8 Å². The fraction of sp³-hybridized carbons (Fsp3) is 0.455. The molecule has 0 aliphatic carbocycles. The van der Waals surface area contributed by atoms with Crippen LogP contribution in [0.5, 0.6) is 0 Å². The lowest BCUT2D eigenvalue weighted by Crippen LogP contribution is -2.17. The van der Waals surface area contributed by atoms with Crippen molar-refractivity contribution in [2.75, 3.05) is 19.8 Å². The summed E-state index contributed by atoms with van der Waals surface area (Å²) >= 11 is 1.68. The van der Waals surface area contributed by atoms with Crippen molar-refractivity contribution in [1.82, 2.24) is 5.32 Å². The Kier molecular flexibility index (Phi) is 4.45. The Balaban J connectivity index is 2.95. The Hall–Kier alpha value is -0.510. The summed E-state index contributed by atoms with van der Waals surface area (Å²) in [5, 5.41) is 12.8. The zero-order valence-electron chi connectivity index (χ0n) is 8.87. The van der Waals surface area contributed by atoms with E-state index in [2.05, 4.69) is 18.3 Å². The van der Waals surface area contributed by atoms with Crippen LogP contribution >= 0.6 is 11.8 Å². The van der Waals surface area contributed by atoms with Gasteiger partial charge in [0.15, 0.2) is 0 Å². The van der Waals surface area contributed by atoms with E-state index in [1.165, 1.54) is 5.56 Å². The Morgan fingerprint density at radius 3 is 2.79 bits per heavy atom. The lowest BCUT2D eigenvalue weighted by Gasteiger charge is -2.14. The molecule has 3 heteroatoms. The van der Waals surface area contributed by atoms with Crippen molar-refractivity contribution in [3.05, 3.63) is 29.3 Å². The van der Waals surface area contributed by atoms with Crippen molar-refractivity contribution < 1.29 is 5.11 Å². The highest BCUT2D eigenvalue weighted by molar-refractivity contribution is 7.98. The van der Waals surface area contributed by atoms with E-state index in [0.717, 1.165) is 10.5 Å². The van der Waals surface area contributed by atoms with Crippen molar-refractivity contribution >= 4 is 11.8 Å². The average Bonchev–Trinajstić information content (AvgIpc) is 2.17. The Morgan fingerprint density at radius 1 is 1.50 bits per heavy atom. The van der Waals surface area contributed by atoms with E-state index >= 15 is 0 Å². The number of aliphatic hydroxyl groups excluding tert-OH is 1. The Bertz CT molecular complexity index is 301. The highest BCUT2D eigenvalue weighted by Gasteiger charge is 2.10. The van der Waals surface area contributed by atoms with Crippen LogP contribution in [0.2, 0.25) is 0 Å². The van der Waals surface area contributed by atoms with Gasteiger partial charge >= 0.3 is 0 Å². The Labute approximate surface area is 89.7 Å². The zero-order chi connectivity index (χ0) is 10.6. The first-order valence-electron chi connectivity index (χ1n) is 4.66. The molecule has 0 saturated heterocycles. The molecular weight excluding hydrogens is 194 g/mol. The molecule has 1 rings (SSSR count). The molecule has 0 radical (unpaired) electrons. The van der Waals surface area contributed by atoms with Crippen molar-refractivity contribution in [2.24, 2.45) is 0 Å². The van der Waals surface area contributed by atoms with Crippen LogP contribution in [0.25, 0.3) is 0 Å². The second-order valence-corrected chi connectivity index (χ2v) is 4.17. The quantitative estimate of drug-likeness (QED) is 0.747. The van der Waals surface area contributed by atoms with Crippen molar-refractivity contribution in [2.45, 2.75) is 17.9 Å². The third-order valence-electron chi connectivity index (χ3n) is 2.15. The van der Waals surface area contributed by atoms with Gasteiger partial charge in [-0.25, -0.2) is 0 Å². The van der Waals surface area contributed by atoms with E-state index in [9.17, 15) is 5.11 Å². The molecule has 1 atom stereocenters. The standard InChI is InChI=1S/C11H17NOS/c1-8-4-5-9(10(13)7-12-2)11(6-8)14-3/h4-6,10,12-13H,7H2,1-3H3. The van der Waals surface area contributed by atoms with Gasteiger partial charge in [-0.2, -0.15) is 0 Å². The molecule has 0 spiro atoms. The molecule has 14 heavy (non-hydrogen) atoms. The minimum Gasteiger partial charge on any atom is -0.387 e. The summed E-state index contributed by atoms with van der Waals surface area (Å²) < 4.78 is 0.